The summed E-state index contributed by atoms with van der Waals surface area (Å²) in [5, 5.41) is 1.10. The minimum Gasteiger partial charge on any atom is -0.384 e. The molecule has 0 aliphatic rings. The van der Waals surface area contributed by atoms with Crippen LogP contribution in [0, 0.1) is 6.92 Å². The monoisotopic (exact) mass is 333 g/mol. The molecule has 0 amide bonds. The molecule has 2 heterocycles. The fourth-order valence-electron chi connectivity index (χ4n) is 2.29. The number of rotatable bonds is 4. The molecule has 114 valence electrons. The highest BCUT2D eigenvalue weighted by Gasteiger charge is 2.17. The predicted molar refractivity (Wildman–Crippen MR) is 94.1 cm³/mol. The Balaban J connectivity index is 2.76. The molecule has 0 saturated heterocycles. The largest absolute Gasteiger partial charge is 0.384 e. The van der Waals surface area contributed by atoms with Gasteiger partial charge >= 0.3 is 0 Å². The third kappa shape index (κ3) is 3.32. The number of pyridine rings is 2. The normalized spacial score (nSPS) is 12.0. The maximum atomic E-state index is 6.41. The molecule has 0 spiro atoms. The van der Waals surface area contributed by atoms with E-state index in [2.05, 4.69) is 16.5 Å². The second-order valence-corrected chi connectivity index (χ2v) is 5.67. The first kappa shape index (κ1) is 16.5. The lowest BCUT2D eigenvalue weighted by Crippen LogP contribution is -2.04. The molecule has 2 aromatic rings. The maximum Gasteiger partial charge on any atom is 0.123 e. The first-order chi connectivity index (χ1) is 10.5. The molecule has 0 bridgehead atoms. The van der Waals surface area contributed by atoms with E-state index in [1.165, 1.54) is 0 Å². The van der Waals surface area contributed by atoms with Crippen LogP contribution in [-0.2, 0) is 6.42 Å². The summed E-state index contributed by atoms with van der Waals surface area (Å²) < 4.78 is 0. The van der Waals surface area contributed by atoms with Crippen molar-refractivity contribution in [1.29, 1.82) is 0 Å². The first-order valence-electron chi connectivity index (χ1n) is 6.88. The van der Waals surface area contributed by atoms with E-state index in [0.717, 1.165) is 34.5 Å². The number of nitrogens with two attached hydrogens (primary N) is 1. The van der Waals surface area contributed by atoms with Gasteiger partial charge in [-0.15, -0.1) is 0 Å². The molecule has 0 radical (unpaired) electrons. The van der Waals surface area contributed by atoms with E-state index in [1.807, 2.05) is 26.0 Å². The number of hydrogen-bond acceptors (Lipinski definition) is 3. The Morgan fingerprint density at radius 2 is 2.14 bits per heavy atom. The van der Waals surface area contributed by atoms with Crippen molar-refractivity contribution in [3.05, 3.63) is 69.6 Å². The quantitative estimate of drug-likeness (QED) is 0.820. The van der Waals surface area contributed by atoms with Crippen LogP contribution in [0.2, 0.25) is 5.02 Å². The van der Waals surface area contributed by atoms with Crippen molar-refractivity contribution in [2.45, 2.75) is 20.3 Å². The fourth-order valence-corrected chi connectivity index (χ4v) is 2.69. The van der Waals surface area contributed by atoms with Crippen LogP contribution in [-0.4, -0.2) is 9.97 Å². The van der Waals surface area contributed by atoms with Crippen molar-refractivity contribution in [2.75, 3.05) is 5.73 Å². The number of aryl methyl sites for hydroxylation is 2. The lowest BCUT2D eigenvalue weighted by Gasteiger charge is -2.15. The van der Waals surface area contributed by atoms with Gasteiger partial charge in [0.05, 0.1) is 21.4 Å². The van der Waals surface area contributed by atoms with Crippen LogP contribution < -0.4 is 5.73 Å². The van der Waals surface area contributed by atoms with Crippen molar-refractivity contribution < 1.29 is 0 Å². The number of aromatic nitrogens is 2. The van der Waals surface area contributed by atoms with Gasteiger partial charge in [0.1, 0.15) is 5.82 Å². The van der Waals surface area contributed by atoms with Crippen molar-refractivity contribution in [1.82, 2.24) is 9.97 Å². The van der Waals surface area contributed by atoms with E-state index < -0.39 is 0 Å². The number of halogens is 2. The van der Waals surface area contributed by atoms with Gasteiger partial charge in [0.2, 0.25) is 0 Å². The van der Waals surface area contributed by atoms with Gasteiger partial charge in [0, 0.05) is 17.3 Å². The van der Waals surface area contributed by atoms with Crippen molar-refractivity contribution >= 4 is 34.6 Å². The smallest absolute Gasteiger partial charge is 0.123 e. The molecule has 22 heavy (non-hydrogen) atoms. The number of hydrogen-bond donors (Lipinski definition) is 1. The first-order valence-corrected chi connectivity index (χ1v) is 7.64. The Labute approximate surface area is 140 Å². The predicted octanol–water partition coefficient (Wildman–Crippen LogP) is 4.77. The minimum atomic E-state index is 0.482. The minimum absolute atomic E-state index is 0.482. The highest BCUT2D eigenvalue weighted by atomic mass is 35.5. The van der Waals surface area contributed by atoms with Gasteiger partial charge in [0.15, 0.2) is 0 Å². The molecule has 0 aromatic carbocycles. The fraction of sp³-hybridized carbons (Fsp3) is 0.176. The molecule has 0 unspecified atom stereocenters. The zero-order chi connectivity index (χ0) is 16.3. The van der Waals surface area contributed by atoms with E-state index in [-0.39, 0.29) is 0 Å². The van der Waals surface area contributed by atoms with Crippen LogP contribution in [0.3, 0.4) is 0 Å². The van der Waals surface area contributed by atoms with Gasteiger partial charge in [0.25, 0.3) is 0 Å². The molecule has 2 N–H and O–H groups in total. The van der Waals surface area contributed by atoms with Crippen molar-refractivity contribution in [3.8, 4) is 0 Å². The molecular formula is C17H17Cl2N3. The lowest BCUT2D eigenvalue weighted by molar-refractivity contribution is 1.03. The molecule has 0 aliphatic carbocycles. The number of allylic oxidation sites excluding steroid dienone is 2. The zero-order valence-corrected chi connectivity index (χ0v) is 14.0. The van der Waals surface area contributed by atoms with Crippen LogP contribution in [0.15, 0.2) is 42.1 Å². The molecule has 0 atom stereocenters. The van der Waals surface area contributed by atoms with Gasteiger partial charge in [-0.2, -0.15) is 0 Å². The summed E-state index contributed by atoms with van der Waals surface area (Å²) in [6.45, 7) is 7.73. The Kier molecular flexibility index (Phi) is 5.22. The highest BCUT2D eigenvalue weighted by Crippen LogP contribution is 2.33. The summed E-state index contributed by atoms with van der Waals surface area (Å²) in [5.74, 6) is 0.482. The summed E-state index contributed by atoms with van der Waals surface area (Å²) in [4.78, 5) is 8.84. The summed E-state index contributed by atoms with van der Waals surface area (Å²) >= 11 is 12.4. The van der Waals surface area contributed by atoms with Gasteiger partial charge in [-0.25, -0.2) is 4.98 Å². The third-order valence-corrected chi connectivity index (χ3v) is 3.85. The summed E-state index contributed by atoms with van der Waals surface area (Å²) in [5.41, 5.74) is 10.0. The number of nitrogen functional groups attached to an aromatic ring is 1. The molecule has 2 aromatic heterocycles. The Bertz CT molecular complexity index is 752. The highest BCUT2D eigenvalue weighted by molar-refractivity contribution is 6.35. The van der Waals surface area contributed by atoms with Gasteiger partial charge in [-0.05, 0) is 37.1 Å². The van der Waals surface area contributed by atoms with E-state index >= 15 is 0 Å². The Morgan fingerprint density at radius 1 is 1.41 bits per heavy atom. The van der Waals surface area contributed by atoms with Crippen LogP contribution in [0.25, 0.3) is 5.57 Å². The molecule has 0 fully saturated rings. The molecule has 2 rings (SSSR count). The summed E-state index contributed by atoms with van der Waals surface area (Å²) in [6, 6.07) is 5.53. The molecule has 3 nitrogen and oxygen atoms in total. The standard InChI is InChI=1S/C17H17Cl2N3/c1-4-13(19)16(17-10(3)8-11(18)9-21-17)12-6-7-15(20)22-14(12)5-2/h4,6-9H,1,5H2,2-3H3,(H2,20,22)/b16-13+. The lowest BCUT2D eigenvalue weighted by atomic mass is 9.96. The van der Waals surface area contributed by atoms with Gasteiger partial charge in [-0.3, -0.25) is 4.98 Å². The molecule has 0 aliphatic heterocycles. The van der Waals surface area contributed by atoms with Gasteiger partial charge in [-0.1, -0.05) is 42.8 Å². The Hall–Kier alpha value is -1.84. The van der Waals surface area contributed by atoms with E-state index in [9.17, 15) is 0 Å². The second kappa shape index (κ2) is 6.95. The zero-order valence-electron chi connectivity index (χ0n) is 12.5. The van der Waals surface area contributed by atoms with Gasteiger partial charge < -0.3 is 5.73 Å². The number of nitrogens with zero attached hydrogens (tertiary/aromatic N) is 2. The average Bonchev–Trinajstić information content (AvgIpc) is 2.50. The third-order valence-electron chi connectivity index (χ3n) is 3.30. The summed E-state index contributed by atoms with van der Waals surface area (Å²) in [7, 11) is 0. The molecule has 5 heteroatoms. The van der Waals surface area contributed by atoms with Crippen LogP contribution in [0.1, 0.15) is 29.4 Å². The molecule has 0 saturated carbocycles. The van der Waals surface area contributed by atoms with Crippen LogP contribution in [0.4, 0.5) is 5.82 Å². The SMILES string of the molecule is C=C/C(Cl)=C(/c1ccc(N)nc1CC)c1ncc(Cl)cc1C. The molecular weight excluding hydrogens is 317 g/mol. The topological polar surface area (TPSA) is 51.8 Å². The summed E-state index contributed by atoms with van der Waals surface area (Å²) in [6.07, 6.45) is 3.94. The Morgan fingerprint density at radius 3 is 2.73 bits per heavy atom. The second-order valence-electron chi connectivity index (χ2n) is 4.83. The number of anilines is 1. The van der Waals surface area contributed by atoms with E-state index in [4.69, 9.17) is 28.9 Å². The maximum absolute atomic E-state index is 6.41. The van der Waals surface area contributed by atoms with E-state index in [0.29, 0.717) is 15.9 Å². The van der Waals surface area contributed by atoms with Crippen molar-refractivity contribution in [2.24, 2.45) is 0 Å². The van der Waals surface area contributed by atoms with Crippen LogP contribution in [0.5, 0.6) is 0 Å². The van der Waals surface area contributed by atoms with Crippen molar-refractivity contribution in [3.63, 3.8) is 0 Å². The van der Waals surface area contributed by atoms with E-state index in [1.54, 1.807) is 18.3 Å². The average molecular weight is 334 g/mol. The van der Waals surface area contributed by atoms with Crippen LogP contribution >= 0.6 is 23.2 Å².